The highest BCUT2D eigenvalue weighted by molar-refractivity contribution is 7.99. The fraction of sp³-hybridized carbons (Fsp3) is 0.421. The van der Waals surface area contributed by atoms with E-state index in [9.17, 15) is 4.79 Å². The highest BCUT2D eigenvalue weighted by atomic mass is 32.2. The van der Waals surface area contributed by atoms with Crippen molar-refractivity contribution in [3.63, 3.8) is 0 Å². The van der Waals surface area contributed by atoms with E-state index in [1.54, 1.807) is 11.8 Å². The molecule has 5 heteroatoms. The number of nitrogens with one attached hydrogen (secondary N) is 1. The van der Waals surface area contributed by atoms with Gasteiger partial charge in [0, 0.05) is 10.6 Å². The van der Waals surface area contributed by atoms with E-state index >= 15 is 0 Å². The van der Waals surface area contributed by atoms with Crippen LogP contribution in [0.5, 0.6) is 0 Å². The first-order valence-corrected chi connectivity index (χ1v) is 9.12. The van der Waals surface area contributed by atoms with E-state index in [0.717, 1.165) is 5.75 Å². The highest BCUT2D eigenvalue weighted by Crippen LogP contribution is 2.27. The molecule has 0 radical (unpaired) electrons. The predicted molar refractivity (Wildman–Crippen MR) is 97.6 cm³/mol. The number of hydrogen-bond donors (Lipinski definition) is 1. The molecule has 1 heterocycles. The Balaban J connectivity index is 1.60. The maximum Gasteiger partial charge on any atom is 0.407 e. The Morgan fingerprint density at radius 1 is 1.29 bits per heavy atom. The third-order valence-electron chi connectivity index (χ3n) is 3.66. The number of ether oxygens (including phenoxy) is 2. The Labute approximate surface area is 146 Å². The Morgan fingerprint density at radius 2 is 2.00 bits per heavy atom. The molecule has 4 nitrogen and oxygen atoms in total. The number of epoxide rings is 1. The van der Waals surface area contributed by atoms with Gasteiger partial charge in [-0.15, -0.1) is 11.8 Å². The number of amides is 1. The summed E-state index contributed by atoms with van der Waals surface area (Å²) in [6, 6.07) is 14.7. The van der Waals surface area contributed by atoms with Crippen molar-refractivity contribution in [2.24, 2.45) is 0 Å². The van der Waals surface area contributed by atoms with Crippen molar-refractivity contribution < 1.29 is 14.3 Å². The summed E-state index contributed by atoms with van der Waals surface area (Å²) in [7, 11) is 0. The van der Waals surface area contributed by atoms with Gasteiger partial charge in [0.1, 0.15) is 11.7 Å². The fourth-order valence-electron chi connectivity index (χ4n) is 2.43. The van der Waals surface area contributed by atoms with E-state index in [4.69, 9.17) is 9.47 Å². The quantitative estimate of drug-likeness (QED) is 0.651. The minimum atomic E-state index is -0.496. The molecule has 1 N–H and O–H groups in total. The van der Waals surface area contributed by atoms with Gasteiger partial charge < -0.3 is 14.8 Å². The summed E-state index contributed by atoms with van der Waals surface area (Å²) in [6.07, 6.45) is -0.299. The number of carbonyl (C=O) groups is 1. The number of thioether (sulfide) groups is 1. The van der Waals surface area contributed by atoms with Gasteiger partial charge in [-0.3, -0.25) is 0 Å². The first-order chi connectivity index (χ1) is 11.4. The van der Waals surface area contributed by atoms with Gasteiger partial charge in [-0.2, -0.15) is 0 Å². The van der Waals surface area contributed by atoms with Gasteiger partial charge in [-0.25, -0.2) is 4.79 Å². The van der Waals surface area contributed by atoms with Gasteiger partial charge in [0.25, 0.3) is 0 Å². The van der Waals surface area contributed by atoms with Crippen LogP contribution in [-0.4, -0.2) is 36.2 Å². The van der Waals surface area contributed by atoms with Crippen LogP contribution in [0.15, 0.2) is 47.4 Å². The van der Waals surface area contributed by atoms with Crippen LogP contribution in [0.4, 0.5) is 4.79 Å². The normalized spacial score (nSPS) is 18.2. The van der Waals surface area contributed by atoms with Gasteiger partial charge >= 0.3 is 6.09 Å². The lowest BCUT2D eigenvalue weighted by Crippen LogP contribution is -2.43. The molecule has 0 spiro atoms. The third kappa shape index (κ3) is 4.89. The van der Waals surface area contributed by atoms with E-state index < -0.39 is 5.60 Å². The molecule has 1 aliphatic rings. The van der Waals surface area contributed by atoms with Crippen LogP contribution in [0.3, 0.4) is 0 Å². The summed E-state index contributed by atoms with van der Waals surface area (Å²) in [5.74, 6) is 0.752. The van der Waals surface area contributed by atoms with Crippen molar-refractivity contribution in [2.75, 3.05) is 12.4 Å². The van der Waals surface area contributed by atoms with Crippen LogP contribution in [-0.2, 0) is 9.47 Å². The van der Waals surface area contributed by atoms with Crippen molar-refractivity contribution in [3.05, 3.63) is 42.5 Å². The van der Waals surface area contributed by atoms with Crippen molar-refractivity contribution in [1.82, 2.24) is 5.32 Å². The Kier molecular flexibility index (Phi) is 5.01. The van der Waals surface area contributed by atoms with Gasteiger partial charge in [0.05, 0.1) is 12.6 Å². The maximum atomic E-state index is 12.0. The topological polar surface area (TPSA) is 50.9 Å². The maximum absolute atomic E-state index is 12.0. The predicted octanol–water partition coefficient (Wildman–Crippen LogP) is 4.22. The number of rotatable bonds is 5. The van der Waals surface area contributed by atoms with Crippen molar-refractivity contribution in [3.8, 4) is 0 Å². The molecule has 2 atom stereocenters. The molecule has 2 aromatic carbocycles. The summed E-state index contributed by atoms with van der Waals surface area (Å²) in [5.41, 5.74) is -0.496. The number of carbonyl (C=O) groups excluding carboxylic acids is 1. The molecular weight excluding hydrogens is 322 g/mol. The summed E-state index contributed by atoms with van der Waals surface area (Å²) >= 11 is 1.72. The zero-order chi connectivity index (χ0) is 17.2. The lowest BCUT2D eigenvalue weighted by atomic mass is 10.1. The lowest BCUT2D eigenvalue weighted by Gasteiger charge is -2.22. The molecule has 0 saturated carbocycles. The zero-order valence-electron chi connectivity index (χ0n) is 14.2. The molecule has 3 rings (SSSR count). The van der Waals surface area contributed by atoms with Crippen molar-refractivity contribution >= 4 is 28.6 Å². The van der Waals surface area contributed by atoms with E-state index in [2.05, 4.69) is 35.6 Å². The number of fused-ring (bicyclic) bond motifs is 1. The van der Waals surface area contributed by atoms with Crippen molar-refractivity contribution in [2.45, 2.75) is 43.4 Å². The molecule has 1 fully saturated rings. The Bertz CT molecular complexity index is 722. The van der Waals surface area contributed by atoms with Gasteiger partial charge in [-0.05, 0) is 43.7 Å². The van der Waals surface area contributed by atoms with Gasteiger partial charge in [0.15, 0.2) is 0 Å². The van der Waals surface area contributed by atoms with Crippen LogP contribution < -0.4 is 5.32 Å². The second kappa shape index (κ2) is 7.03. The first-order valence-electron chi connectivity index (χ1n) is 8.13. The lowest BCUT2D eigenvalue weighted by molar-refractivity contribution is 0.0501. The second-order valence-electron chi connectivity index (χ2n) is 6.94. The monoisotopic (exact) mass is 345 g/mol. The van der Waals surface area contributed by atoms with Crippen LogP contribution in [0.2, 0.25) is 0 Å². The minimum absolute atomic E-state index is 0.0451. The molecule has 0 aliphatic carbocycles. The van der Waals surface area contributed by atoms with Crippen LogP contribution in [0, 0.1) is 0 Å². The molecule has 24 heavy (non-hydrogen) atoms. The number of alkyl carbamates (subject to hydrolysis) is 1. The first kappa shape index (κ1) is 17.1. The van der Waals surface area contributed by atoms with Crippen LogP contribution >= 0.6 is 11.8 Å². The van der Waals surface area contributed by atoms with Crippen molar-refractivity contribution in [1.29, 1.82) is 0 Å². The summed E-state index contributed by atoms with van der Waals surface area (Å²) in [5, 5.41) is 5.39. The number of benzene rings is 2. The molecule has 1 amide bonds. The van der Waals surface area contributed by atoms with Gasteiger partial charge in [0.2, 0.25) is 0 Å². The second-order valence-corrected chi connectivity index (χ2v) is 8.04. The Hall–Kier alpha value is -1.72. The van der Waals surface area contributed by atoms with Crippen LogP contribution in [0.1, 0.15) is 20.8 Å². The molecule has 1 saturated heterocycles. The molecule has 0 bridgehead atoms. The molecule has 1 unspecified atom stereocenters. The highest BCUT2D eigenvalue weighted by Gasteiger charge is 2.34. The minimum Gasteiger partial charge on any atom is -0.444 e. The van der Waals surface area contributed by atoms with Crippen LogP contribution in [0.25, 0.3) is 10.8 Å². The van der Waals surface area contributed by atoms with E-state index in [0.29, 0.717) is 6.61 Å². The fourth-order valence-corrected chi connectivity index (χ4v) is 3.48. The largest absolute Gasteiger partial charge is 0.444 e. The number of hydrogen-bond acceptors (Lipinski definition) is 4. The molecule has 0 aromatic heterocycles. The molecule has 128 valence electrons. The summed E-state index contributed by atoms with van der Waals surface area (Å²) < 4.78 is 10.7. The third-order valence-corrected chi connectivity index (χ3v) is 4.77. The smallest absolute Gasteiger partial charge is 0.407 e. The average molecular weight is 345 g/mol. The molecule has 2 aromatic rings. The zero-order valence-corrected chi connectivity index (χ0v) is 15.1. The summed E-state index contributed by atoms with van der Waals surface area (Å²) in [4.78, 5) is 13.2. The SMILES string of the molecule is CC(C)(C)OC(=O)N[C@@H](CSc1ccc2ccccc2c1)C1CO1. The van der Waals surface area contributed by atoms with E-state index in [1.165, 1.54) is 15.7 Å². The Morgan fingerprint density at radius 3 is 2.67 bits per heavy atom. The van der Waals surface area contributed by atoms with E-state index in [-0.39, 0.29) is 18.2 Å². The van der Waals surface area contributed by atoms with Gasteiger partial charge in [-0.1, -0.05) is 30.3 Å². The summed E-state index contributed by atoms with van der Waals surface area (Å²) in [6.45, 7) is 6.27. The standard InChI is InChI=1S/C19H23NO3S/c1-19(2,3)23-18(21)20-16(17-11-22-17)12-24-15-9-8-13-6-4-5-7-14(13)10-15/h4-10,16-17H,11-12H2,1-3H3,(H,20,21)/t16-,17?/m0/s1. The van der Waals surface area contributed by atoms with E-state index in [1.807, 2.05) is 32.9 Å². The molecule has 1 aliphatic heterocycles. The average Bonchev–Trinajstić information content (AvgIpc) is 3.34. The molecular formula is C19H23NO3S.